The van der Waals surface area contributed by atoms with Gasteiger partial charge in [0, 0.05) is 24.0 Å². The molecule has 1 unspecified atom stereocenters. The van der Waals surface area contributed by atoms with Gasteiger partial charge < -0.3 is 15.2 Å². The van der Waals surface area contributed by atoms with Crippen molar-refractivity contribution < 1.29 is 19.5 Å². The molecule has 2 fully saturated rings. The van der Waals surface area contributed by atoms with Gasteiger partial charge in [0.05, 0.1) is 12.7 Å². The zero-order valence-electron chi connectivity index (χ0n) is 18.4. The summed E-state index contributed by atoms with van der Waals surface area (Å²) in [5, 5.41) is 14.2. The number of benzene rings is 1. The molecule has 2 heterocycles. The van der Waals surface area contributed by atoms with Gasteiger partial charge in [0.15, 0.2) is 0 Å². The third-order valence-corrected chi connectivity index (χ3v) is 6.26. The van der Waals surface area contributed by atoms with E-state index in [-0.39, 0.29) is 23.3 Å². The van der Waals surface area contributed by atoms with Crippen LogP contribution in [0.25, 0.3) is 0 Å². The number of rotatable bonds is 7. The van der Waals surface area contributed by atoms with Gasteiger partial charge in [-0.3, -0.25) is 9.63 Å². The average Bonchev–Trinajstić information content (AvgIpc) is 3.12. The molecule has 0 spiro atoms. The summed E-state index contributed by atoms with van der Waals surface area (Å²) in [6.07, 6.45) is 3.93. The Balaban J connectivity index is 1.55. The molecule has 2 N–H and O–H groups in total. The van der Waals surface area contributed by atoms with Gasteiger partial charge in [-0.1, -0.05) is 24.3 Å². The number of carboxylic acids is 1. The second-order valence-corrected chi connectivity index (χ2v) is 9.73. The standard InChI is InChI=1S/C23H36N2O4/c1-16(29-25-22(2,3)11-6-12-23(25,4)5)18-9-7-17(8-10-18)15-28-19-13-20(21(26)27)24-14-19/h7-10,16,19-20,24H,6,11-15H2,1-5H3,(H,26,27)/t16?,19-,20+/m1/s1. The molecule has 1 aromatic rings. The molecule has 29 heavy (non-hydrogen) atoms. The monoisotopic (exact) mass is 404 g/mol. The van der Waals surface area contributed by atoms with Gasteiger partial charge in [-0.15, -0.1) is 0 Å². The minimum atomic E-state index is -0.811. The summed E-state index contributed by atoms with van der Waals surface area (Å²) in [5.41, 5.74) is 2.26. The van der Waals surface area contributed by atoms with E-state index < -0.39 is 12.0 Å². The van der Waals surface area contributed by atoms with Crippen LogP contribution < -0.4 is 5.32 Å². The molecule has 3 rings (SSSR count). The maximum absolute atomic E-state index is 11.0. The minimum absolute atomic E-state index is 0.0208. The summed E-state index contributed by atoms with van der Waals surface area (Å²) < 4.78 is 5.88. The zero-order valence-corrected chi connectivity index (χ0v) is 18.4. The van der Waals surface area contributed by atoms with Crippen LogP contribution in [0.4, 0.5) is 0 Å². The Morgan fingerprint density at radius 3 is 2.38 bits per heavy atom. The van der Waals surface area contributed by atoms with E-state index in [4.69, 9.17) is 14.7 Å². The van der Waals surface area contributed by atoms with Gasteiger partial charge in [-0.2, -0.15) is 5.06 Å². The van der Waals surface area contributed by atoms with E-state index in [9.17, 15) is 4.79 Å². The molecular weight excluding hydrogens is 368 g/mol. The Bertz CT molecular complexity index is 685. The number of nitrogens with zero attached hydrogens (tertiary/aromatic N) is 1. The van der Waals surface area contributed by atoms with Gasteiger partial charge >= 0.3 is 5.97 Å². The molecule has 3 atom stereocenters. The van der Waals surface area contributed by atoms with Crippen LogP contribution in [-0.4, -0.2) is 45.9 Å². The molecule has 0 amide bonds. The topological polar surface area (TPSA) is 71.0 Å². The summed E-state index contributed by atoms with van der Waals surface area (Å²) >= 11 is 0. The van der Waals surface area contributed by atoms with E-state index >= 15 is 0 Å². The van der Waals surface area contributed by atoms with Gasteiger partial charge in [-0.05, 0) is 65.0 Å². The molecule has 0 aliphatic carbocycles. The van der Waals surface area contributed by atoms with Gasteiger partial charge in [0.25, 0.3) is 0 Å². The largest absolute Gasteiger partial charge is 0.480 e. The van der Waals surface area contributed by atoms with Crippen molar-refractivity contribution in [3.05, 3.63) is 35.4 Å². The fraction of sp³-hybridized carbons (Fsp3) is 0.696. The molecule has 2 aliphatic rings. The maximum Gasteiger partial charge on any atom is 0.320 e. The van der Waals surface area contributed by atoms with Crippen molar-refractivity contribution in [3.8, 4) is 0 Å². The lowest BCUT2D eigenvalue weighted by molar-refractivity contribution is -0.304. The average molecular weight is 405 g/mol. The number of carboxylic acid groups (broad SMARTS) is 1. The summed E-state index contributed by atoms with van der Waals surface area (Å²) in [5.74, 6) is -0.811. The van der Waals surface area contributed by atoms with Crippen LogP contribution in [0.15, 0.2) is 24.3 Å². The van der Waals surface area contributed by atoms with Crippen molar-refractivity contribution in [2.24, 2.45) is 0 Å². The van der Waals surface area contributed by atoms with E-state index in [1.807, 2.05) is 0 Å². The number of aliphatic carboxylic acids is 1. The van der Waals surface area contributed by atoms with Crippen LogP contribution in [0.2, 0.25) is 0 Å². The summed E-state index contributed by atoms with van der Waals surface area (Å²) in [7, 11) is 0. The Morgan fingerprint density at radius 1 is 1.21 bits per heavy atom. The molecule has 0 aromatic heterocycles. The number of piperidine rings is 1. The first-order valence-electron chi connectivity index (χ1n) is 10.7. The lowest BCUT2D eigenvalue weighted by Gasteiger charge is -2.52. The van der Waals surface area contributed by atoms with Crippen LogP contribution in [0.1, 0.15) is 77.5 Å². The van der Waals surface area contributed by atoms with Crippen molar-refractivity contribution >= 4 is 5.97 Å². The predicted molar refractivity (Wildman–Crippen MR) is 112 cm³/mol. The van der Waals surface area contributed by atoms with Crippen LogP contribution >= 0.6 is 0 Å². The quantitative estimate of drug-likeness (QED) is 0.714. The SMILES string of the molecule is CC(ON1C(C)(C)CCCC1(C)C)c1ccc(CO[C@H]2CN[C@H](C(=O)O)C2)cc1. The highest BCUT2D eigenvalue weighted by Crippen LogP contribution is 2.40. The molecule has 0 radical (unpaired) electrons. The van der Waals surface area contributed by atoms with Crippen molar-refractivity contribution in [3.63, 3.8) is 0 Å². The van der Waals surface area contributed by atoms with E-state index in [0.29, 0.717) is 19.6 Å². The predicted octanol–water partition coefficient (Wildman–Crippen LogP) is 4.05. The first kappa shape index (κ1) is 22.2. The molecule has 0 bridgehead atoms. The second kappa shape index (κ2) is 8.72. The summed E-state index contributed by atoms with van der Waals surface area (Å²) in [6, 6.07) is 7.83. The number of ether oxygens (including phenoxy) is 1. The Hall–Kier alpha value is -1.47. The number of carbonyl (C=O) groups is 1. The Labute approximate surface area is 174 Å². The number of hydrogen-bond acceptors (Lipinski definition) is 5. The molecular formula is C23H36N2O4. The highest BCUT2D eigenvalue weighted by atomic mass is 16.7. The first-order valence-corrected chi connectivity index (χ1v) is 10.7. The van der Waals surface area contributed by atoms with E-state index in [1.165, 1.54) is 6.42 Å². The molecule has 6 nitrogen and oxygen atoms in total. The van der Waals surface area contributed by atoms with Gasteiger partial charge in [-0.25, -0.2) is 0 Å². The third-order valence-electron chi connectivity index (χ3n) is 6.26. The smallest absolute Gasteiger partial charge is 0.320 e. The fourth-order valence-corrected chi connectivity index (χ4v) is 4.60. The highest BCUT2D eigenvalue weighted by Gasteiger charge is 2.43. The highest BCUT2D eigenvalue weighted by molar-refractivity contribution is 5.73. The minimum Gasteiger partial charge on any atom is -0.480 e. The lowest BCUT2D eigenvalue weighted by atomic mass is 9.82. The molecule has 2 saturated heterocycles. The lowest BCUT2D eigenvalue weighted by Crippen LogP contribution is -2.58. The normalized spacial score (nSPS) is 27.6. The number of hydrogen-bond donors (Lipinski definition) is 2. The van der Waals surface area contributed by atoms with E-state index in [1.54, 1.807) is 0 Å². The first-order chi connectivity index (χ1) is 13.6. The van der Waals surface area contributed by atoms with E-state index in [2.05, 4.69) is 69.3 Å². The molecule has 6 heteroatoms. The number of nitrogens with one attached hydrogen (secondary N) is 1. The Kier molecular flexibility index (Phi) is 6.68. The van der Waals surface area contributed by atoms with E-state index in [0.717, 1.165) is 24.0 Å². The van der Waals surface area contributed by atoms with Crippen LogP contribution in [0.5, 0.6) is 0 Å². The molecule has 162 valence electrons. The molecule has 1 aromatic carbocycles. The zero-order chi connectivity index (χ0) is 21.2. The van der Waals surface area contributed by atoms with Crippen molar-refractivity contribution in [1.29, 1.82) is 0 Å². The Morgan fingerprint density at radius 2 is 1.83 bits per heavy atom. The fourth-order valence-electron chi connectivity index (χ4n) is 4.60. The van der Waals surface area contributed by atoms with Crippen molar-refractivity contribution in [2.45, 2.75) is 96.2 Å². The third kappa shape index (κ3) is 5.37. The maximum atomic E-state index is 11.0. The molecule has 2 aliphatic heterocycles. The van der Waals surface area contributed by atoms with Crippen molar-refractivity contribution in [1.82, 2.24) is 10.4 Å². The summed E-state index contributed by atoms with van der Waals surface area (Å²) in [4.78, 5) is 17.5. The van der Waals surface area contributed by atoms with Crippen molar-refractivity contribution in [2.75, 3.05) is 6.54 Å². The second-order valence-electron chi connectivity index (χ2n) is 9.73. The van der Waals surface area contributed by atoms with Crippen LogP contribution in [0, 0.1) is 0 Å². The number of hydroxylamine groups is 2. The summed E-state index contributed by atoms with van der Waals surface area (Å²) in [6.45, 7) is 12.2. The van der Waals surface area contributed by atoms with Gasteiger partial charge in [0.2, 0.25) is 0 Å². The van der Waals surface area contributed by atoms with Gasteiger partial charge in [0.1, 0.15) is 12.1 Å². The van der Waals surface area contributed by atoms with Crippen LogP contribution in [-0.2, 0) is 21.0 Å². The van der Waals surface area contributed by atoms with Crippen LogP contribution in [0.3, 0.4) is 0 Å². The molecule has 0 saturated carbocycles.